The van der Waals surface area contributed by atoms with E-state index in [4.69, 9.17) is 4.74 Å². The van der Waals surface area contributed by atoms with Crippen LogP contribution in [0.1, 0.15) is 16.1 Å². The van der Waals surface area contributed by atoms with E-state index in [1.165, 1.54) is 11.3 Å². The number of ether oxygens (including phenoxy) is 1. The van der Waals surface area contributed by atoms with Crippen molar-refractivity contribution in [3.63, 3.8) is 0 Å². The van der Waals surface area contributed by atoms with Crippen molar-refractivity contribution in [1.29, 1.82) is 0 Å². The molecule has 0 saturated carbocycles. The molecule has 130 valence electrons. The molecule has 0 aliphatic heterocycles. The highest BCUT2D eigenvalue weighted by atomic mass is 32.1. The number of aromatic nitrogens is 2. The van der Waals surface area contributed by atoms with E-state index < -0.39 is 0 Å². The normalized spacial score (nSPS) is 10.8. The van der Waals surface area contributed by atoms with Gasteiger partial charge in [-0.2, -0.15) is 0 Å². The summed E-state index contributed by atoms with van der Waals surface area (Å²) < 4.78 is 6.99. The minimum atomic E-state index is -0.121. The number of nitrogens with one attached hydrogen (secondary N) is 1. The van der Waals surface area contributed by atoms with Crippen molar-refractivity contribution < 1.29 is 9.53 Å². The van der Waals surface area contributed by atoms with Crippen molar-refractivity contribution in [3.8, 4) is 17.0 Å². The zero-order chi connectivity index (χ0) is 17.9. The summed E-state index contributed by atoms with van der Waals surface area (Å²) in [6.07, 6.45) is 1.91. The Kier molecular flexibility index (Phi) is 4.41. The molecule has 4 aromatic rings. The van der Waals surface area contributed by atoms with Crippen LogP contribution in [0.2, 0.25) is 0 Å². The van der Waals surface area contributed by atoms with Gasteiger partial charge in [-0.15, -0.1) is 11.3 Å². The van der Waals surface area contributed by atoms with Crippen LogP contribution < -0.4 is 10.1 Å². The summed E-state index contributed by atoms with van der Waals surface area (Å²) >= 11 is 1.46. The zero-order valence-corrected chi connectivity index (χ0v) is 15.0. The van der Waals surface area contributed by atoms with Crippen LogP contribution in [0.5, 0.6) is 5.75 Å². The van der Waals surface area contributed by atoms with Gasteiger partial charge in [-0.25, -0.2) is 4.98 Å². The van der Waals surface area contributed by atoms with Crippen LogP contribution in [-0.4, -0.2) is 22.4 Å². The second-order valence-electron chi connectivity index (χ2n) is 5.80. The van der Waals surface area contributed by atoms with Gasteiger partial charge in [0.15, 0.2) is 4.96 Å². The van der Waals surface area contributed by atoms with E-state index >= 15 is 0 Å². The molecule has 0 spiro atoms. The zero-order valence-electron chi connectivity index (χ0n) is 14.2. The summed E-state index contributed by atoms with van der Waals surface area (Å²) in [7, 11) is 1.63. The maximum absolute atomic E-state index is 12.6. The standard InChI is InChI=1S/C20H17N3O2S/c1-25-16-9-7-14(8-10-16)11-21-19(24)18-13-26-20-22-17(12-23(18)20)15-5-3-2-4-6-15/h2-10,12-13H,11H2,1H3,(H,21,24). The quantitative estimate of drug-likeness (QED) is 0.583. The Bertz CT molecular complexity index is 1040. The van der Waals surface area contributed by atoms with Gasteiger partial charge in [-0.3, -0.25) is 9.20 Å². The van der Waals surface area contributed by atoms with Crippen LogP contribution >= 0.6 is 11.3 Å². The smallest absolute Gasteiger partial charge is 0.269 e. The number of benzene rings is 2. The van der Waals surface area contributed by atoms with Crippen molar-refractivity contribution in [2.75, 3.05) is 7.11 Å². The fourth-order valence-corrected chi connectivity index (χ4v) is 3.56. The van der Waals surface area contributed by atoms with E-state index in [2.05, 4.69) is 10.3 Å². The van der Waals surface area contributed by atoms with Crippen molar-refractivity contribution in [2.45, 2.75) is 6.54 Å². The van der Waals surface area contributed by atoms with Crippen LogP contribution in [0, 0.1) is 0 Å². The van der Waals surface area contributed by atoms with Gasteiger partial charge in [-0.1, -0.05) is 42.5 Å². The number of methoxy groups -OCH3 is 1. The predicted molar refractivity (Wildman–Crippen MR) is 103 cm³/mol. The SMILES string of the molecule is COc1ccc(CNC(=O)c2csc3nc(-c4ccccc4)cn23)cc1. The number of carbonyl (C=O) groups excluding carboxylic acids is 1. The summed E-state index contributed by atoms with van der Waals surface area (Å²) in [5.74, 6) is 0.676. The van der Waals surface area contributed by atoms with Crippen LogP contribution in [-0.2, 0) is 6.54 Å². The Balaban J connectivity index is 1.52. The van der Waals surface area contributed by atoms with Crippen LogP contribution in [0.3, 0.4) is 0 Å². The number of fused-ring (bicyclic) bond motifs is 1. The third kappa shape index (κ3) is 3.19. The molecular formula is C20H17N3O2S. The lowest BCUT2D eigenvalue weighted by atomic mass is 10.2. The van der Waals surface area contributed by atoms with E-state index in [0.717, 1.165) is 27.5 Å². The average molecular weight is 363 g/mol. The first-order valence-electron chi connectivity index (χ1n) is 8.18. The molecule has 2 aromatic carbocycles. The first-order valence-corrected chi connectivity index (χ1v) is 9.06. The van der Waals surface area contributed by atoms with Gasteiger partial charge >= 0.3 is 0 Å². The van der Waals surface area contributed by atoms with E-state index in [0.29, 0.717) is 12.2 Å². The topological polar surface area (TPSA) is 55.6 Å². The Morgan fingerprint density at radius 3 is 2.65 bits per heavy atom. The van der Waals surface area contributed by atoms with E-state index in [1.807, 2.05) is 70.6 Å². The summed E-state index contributed by atoms with van der Waals surface area (Å²) in [5.41, 5.74) is 3.50. The number of thiazole rings is 1. The highest BCUT2D eigenvalue weighted by molar-refractivity contribution is 7.15. The lowest BCUT2D eigenvalue weighted by Crippen LogP contribution is -2.23. The van der Waals surface area contributed by atoms with Gasteiger partial charge in [-0.05, 0) is 17.7 Å². The third-order valence-electron chi connectivity index (χ3n) is 4.12. The van der Waals surface area contributed by atoms with Crippen molar-refractivity contribution >= 4 is 22.2 Å². The fourth-order valence-electron chi connectivity index (χ4n) is 2.71. The van der Waals surface area contributed by atoms with Gasteiger partial charge in [0, 0.05) is 23.7 Å². The van der Waals surface area contributed by atoms with Gasteiger partial charge in [0.05, 0.1) is 12.8 Å². The summed E-state index contributed by atoms with van der Waals surface area (Å²) in [4.78, 5) is 18.0. The summed E-state index contributed by atoms with van der Waals surface area (Å²) in [5, 5.41) is 4.79. The third-order valence-corrected chi connectivity index (χ3v) is 4.96. The maximum Gasteiger partial charge on any atom is 0.269 e. The summed E-state index contributed by atoms with van der Waals surface area (Å²) in [6.45, 7) is 0.459. The molecule has 2 aromatic heterocycles. The first-order chi connectivity index (χ1) is 12.7. The molecule has 1 N–H and O–H groups in total. The highest BCUT2D eigenvalue weighted by Crippen LogP contribution is 2.23. The summed E-state index contributed by atoms with van der Waals surface area (Å²) in [6, 6.07) is 17.6. The lowest BCUT2D eigenvalue weighted by molar-refractivity contribution is 0.0945. The van der Waals surface area contributed by atoms with Crippen LogP contribution in [0.15, 0.2) is 66.2 Å². The van der Waals surface area contributed by atoms with Crippen LogP contribution in [0.4, 0.5) is 0 Å². The van der Waals surface area contributed by atoms with E-state index in [1.54, 1.807) is 7.11 Å². The monoisotopic (exact) mass is 363 g/mol. The Labute approximate surface area is 154 Å². The van der Waals surface area contributed by atoms with Crippen molar-refractivity contribution in [1.82, 2.24) is 14.7 Å². The Hall–Kier alpha value is -3.12. The molecule has 5 nitrogen and oxygen atoms in total. The lowest BCUT2D eigenvalue weighted by Gasteiger charge is -2.06. The molecule has 4 rings (SSSR count). The second kappa shape index (κ2) is 7.01. The number of rotatable bonds is 5. The molecular weight excluding hydrogens is 346 g/mol. The Morgan fingerprint density at radius 2 is 1.92 bits per heavy atom. The molecule has 1 amide bonds. The minimum Gasteiger partial charge on any atom is -0.497 e. The molecule has 0 fully saturated rings. The van der Waals surface area contributed by atoms with Crippen molar-refractivity contribution in [3.05, 3.63) is 77.4 Å². The maximum atomic E-state index is 12.6. The number of carbonyl (C=O) groups is 1. The average Bonchev–Trinajstić information content (AvgIpc) is 3.28. The number of hydrogen-bond donors (Lipinski definition) is 1. The molecule has 0 saturated heterocycles. The largest absolute Gasteiger partial charge is 0.497 e. The highest BCUT2D eigenvalue weighted by Gasteiger charge is 2.15. The first kappa shape index (κ1) is 16.4. The molecule has 2 heterocycles. The van der Waals surface area contributed by atoms with E-state index in [9.17, 15) is 4.79 Å². The van der Waals surface area contributed by atoms with Gasteiger partial charge in [0.25, 0.3) is 5.91 Å². The Morgan fingerprint density at radius 1 is 1.15 bits per heavy atom. The molecule has 0 aliphatic rings. The molecule has 0 aliphatic carbocycles. The second-order valence-corrected chi connectivity index (χ2v) is 6.63. The number of hydrogen-bond acceptors (Lipinski definition) is 4. The van der Waals surface area contributed by atoms with Gasteiger partial charge in [0.1, 0.15) is 11.4 Å². The van der Waals surface area contributed by atoms with Gasteiger partial charge < -0.3 is 10.1 Å². The van der Waals surface area contributed by atoms with Gasteiger partial charge in [0.2, 0.25) is 0 Å². The predicted octanol–water partition coefficient (Wildman–Crippen LogP) is 4.00. The molecule has 6 heteroatoms. The fraction of sp³-hybridized carbons (Fsp3) is 0.100. The number of amides is 1. The molecule has 0 unspecified atom stereocenters. The van der Waals surface area contributed by atoms with E-state index in [-0.39, 0.29) is 5.91 Å². The number of imidazole rings is 1. The number of nitrogens with zero attached hydrogens (tertiary/aromatic N) is 2. The minimum absolute atomic E-state index is 0.121. The van der Waals surface area contributed by atoms with Crippen molar-refractivity contribution in [2.24, 2.45) is 0 Å². The molecule has 26 heavy (non-hydrogen) atoms. The molecule has 0 bridgehead atoms. The molecule has 0 atom stereocenters. The van der Waals surface area contributed by atoms with Crippen LogP contribution in [0.25, 0.3) is 16.2 Å². The molecule has 0 radical (unpaired) electrons.